The van der Waals surface area contributed by atoms with Gasteiger partial charge in [-0.2, -0.15) is 25.3 Å². The van der Waals surface area contributed by atoms with Gasteiger partial charge in [-0.15, -0.1) is 0 Å². The van der Waals surface area contributed by atoms with E-state index in [0.29, 0.717) is 0 Å². The van der Waals surface area contributed by atoms with Gasteiger partial charge in [0.1, 0.15) is 18.6 Å². The van der Waals surface area contributed by atoms with E-state index in [1.807, 2.05) is 0 Å². The summed E-state index contributed by atoms with van der Waals surface area (Å²) < 4.78 is 0. The molecule has 0 aromatic carbocycles. The van der Waals surface area contributed by atoms with Crippen LogP contribution in [0.25, 0.3) is 0 Å². The van der Waals surface area contributed by atoms with Crippen LogP contribution in [0.4, 0.5) is 0 Å². The van der Waals surface area contributed by atoms with Gasteiger partial charge in [-0.25, -0.2) is 0 Å². The first-order valence-electron chi connectivity index (χ1n) is 7.41. The molecule has 0 aliphatic heterocycles. The Balaban J connectivity index is 4.70. The van der Waals surface area contributed by atoms with E-state index in [-0.39, 0.29) is 24.3 Å². The number of aliphatic carboxylic acids is 2. The van der Waals surface area contributed by atoms with E-state index in [1.54, 1.807) is 0 Å². The number of carboxylic acid groups (broad SMARTS) is 2. The smallest absolute Gasteiger partial charge is 0.322 e. The van der Waals surface area contributed by atoms with Gasteiger partial charge in [-0.1, -0.05) is 0 Å². The molecule has 0 aliphatic rings. The molecule has 26 heavy (non-hydrogen) atoms. The second-order valence-electron chi connectivity index (χ2n) is 5.14. The van der Waals surface area contributed by atoms with Crippen molar-refractivity contribution >= 4 is 54.9 Å². The fraction of sp³-hybridized carbons (Fsp3) is 0.615. The summed E-state index contributed by atoms with van der Waals surface area (Å²) in [5.74, 6) is -4.82. The van der Waals surface area contributed by atoms with E-state index in [0.717, 1.165) is 0 Å². The molecule has 0 rings (SSSR count). The Morgan fingerprint density at radius 3 is 1.81 bits per heavy atom. The molecule has 11 nitrogen and oxygen atoms in total. The van der Waals surface area contributed by atoms with E-state index < -0.39 is 54.3 Å². The van der Waals surface area contributed by atoms with Crippen LogP contribution in [0.1, 0.15) is 12.8 Å². The van der Waals surface area contributed by atoms with E-state index in [9.17, 15) is 24.0 Å². The molecule has 7 N–H and O–H groups in total. The molecule has 3 atom stereocenters. The summed E-state index contributed by atoms with van der Waals surface area (Å²) in [6.45, 7) is -0.621. The number of carboxylic acids is 2. The quantitative estimate of drug-likeness (QED) is 0.158. The van der Waals surface area contributed by atoms with Crippen LogP contribution >= 0.6 is 25.3 Å². The summed E-state index contributed by atoms with van der Waals surface area (Å²) in [6, 6.07) is -3.37. The minimum absolute atomic E-state index is 0.109. The molecule has 0 aromatic heterocycles. The molecule has 0 spiro atoms. The molecule has 0 radical (unpaired) electrons. The normalized spacial score (nSPS) is 13.8. The third kappa shape index (κ3) is 9.48. The lowest BCUT2D eigenvalue weighted by Crippen LogP contribution is -2.57. The van der Waals surface area contributed by atoms with Crippen molar-refractivity contribution in [3.8, 4) is 0 Å². The van der Waals surface area contributed by atoms with Crippen LogP contribution in [0.2, 0.25) is 0 Å². The fourth-order valence-corrected chi connectivity index (χ4v) is 2.15. The Morgan fingerprint density at radius 2 is 1.35 bits per heavy atom. The van der Waals surface area contributed by atoms with Crippen molar-refractivity contribution in [3.05, 3.63) is 0 Å². The molecule has 0 bridgehead atoms. The van der Waals surface area contributed by atoms with Gasteiger partial charge in [0, 0.05) is 17.9 Å². The zero-order chi connectivity index (χ0) is 20.3. The number of hydrogen-bond donors (Lipinski definition) is 8. The van der Waals surface area contributed by atoms with Crippen molar-refractivity contribution in [2.75, 3.05) is 18.1 Å². The second-order valence-corrected chi connectivity index (χ2v) is 5.87. The SMILES string of the molecule is NC(CCC(=O)O)C(=O)NC(CS)C(=O)NC(CS)C(=O)NCC(=O)O. The highest BCUT2D eigenvalue weighted by Crippen LogP contribution is 1.98. The summed E-state index contributed by atoms with van der Waals surface area (Å²) in [4.78, 5) is 56.8. The molecule has 0 saturated heterocycles. The van der Waals surface area contributed by atoms with Gasteiger partial charge >= 0.3 is 11.9 Å². The molecule has 13 heteroatoms. The van der Waals surface area contributed by atoms with Crippen LogP contribution in [-0.2, 0) is 24.0 Å². The Hall–Kier alpha value is -1.99. The first kappa shape index (κ1) is 24.0. The van der Waals surface area contributed by atoms with Gasteiger partial charge < -0.3 is 31.9 Å². The third-order valence-corrected chi connectivity index (χ3v) is 3.78. The minimum Gasteiger partial charge on any atom is -0.481 e. The first-order valence-corrected chi connectivity index (χ1v) is 8.68. The molecule has 0 aliphatic carbocycles. The number of rotatable bonds is 12. The van der Waals surface area contributed by atoms with Crippen molar-refractivity contribution in [3.63, 3.8) is 0 Å². The highest BCUT2D eigenvalue weighted by molar-refractivity contribution is 7.80. The lowest BCUT2D eigenvalue weighted by molar-refractivity contribution is -0.139. The molecule has 3 unspecified atom stereocenters. The Morgan fingerprint density at radius 1 is 0.846 bits per heavy atom. The van der Waals surface area contributed by atoms with E-state index in [2.05, 4.69) is 41.2 Å². The maximum atomic E-state index is 12.2. The van der Waals surface area contributed by atoms with Gasteiger partial charge in [-0.05, 0) is 6.42 Å². The molecule has 0 saturated carbocycles. The van der Waals surface area contributed by atoms with Crippen molar-refractivity contribution in [2.45, 2.75) is 31.0 Å². The molecule has 3 amide bonds. The van der Waals surface area contributed by atoms with Crippen LogP contribution < -0.4 is 21.7 Å². The number of carbonyl (C=O) groups excluding carboxylic acids is 3. The van der Waals surface area contributed by atoms with Gasteiger partial charge in [-0.3, -0.25) is 24.0 Å². The largest absolute Gasteiger partial charge is 0.481 e. The topological polar surface area (TPSA) is 188 Å². The molecule has 148 valence electrons. The highest BCUT2D eigenvalue weighted by Gasteiger charge is 2.27. The summed E-state index contributed by atoms with van der Waals surface area (Å²) in [5, 5.41) is 23.8. The zero-order valence-corrected chi connectivity index (χ0v) is 15.5. The lowest BCUT2D eigenvalue weighted by atomic mass is 10.1. The zero-order valence-electron chi connectivity index (χ0n) is 13.7. The maximum absolute atomic E-state index is 12.2. The maximum Gasteiger partial charge on any atom is 0.322 e. The standard InChI is InChI=1S/C13H22N4O7S2/c14-6(1-2-9(18)19)11(22)16-8(5-26)13(24)17-7(4-25)12(23)15-3-10(20)21/h6-8,25-26H,1-5,14H2,(H,15,23)(H,16,22)(H,17,24)(H,18,19)(H,20,21). The number of hydrogen-bond acceptors (Lipinski definition) is 8. The van der Waals surface area contributed by atoms with Gasteiger partial charge in [0.15, 0.2) is 0 Å². The number of amides is 3. The minimum atomic E-state index is -1.25. The predicted molar refractivity (Wildman–Crippen MR) is 97.1 cm³/mol. The average molecular weight is 410 g/mol. The summed E-state index contributed by atoms with van der Waals surface area (Å²) >= 11 is 7.86. The molecular formula is C13H22N4O7S2. The number of thiol groups is 2. The first-order chi connectivity index (χ1) is 12.1. The van der Waals surface area contributed by atoms with Crippen molar-refractivity contribution in [1.82, 2.24) is 16.0 Å². The van der Waals surface area contributed by atoms with Crippen LogP contribution in [0.3, 0.4) is 0 Å². The van der Waals surface area contributed by atoms with Crippen LogP contribution in [0.15, 0.2) is 0 Å². The van der Waals surface area contributed by atoms with E-state index >= 15 is 0 Å². The molecule has 0 fully saturated rings. The average Bonchev–Trinajstić information content (AvgIpc) is 2.59. The fourth-order valence-electron chi connectivity index (χ4n) is 1.64. The highest BCUT2D eigenvalue weighted by atomic mass is 32.1. The number of carbonyl (C=O) groups is 5. The lowest BCUT2D eigenvalue weighted by Gasteiger charge is -2.22. The molecular weight excluding hydrogens is 388 g/mol. The molecule has 0 aromatic rings. The Kier molecular flexibility index (Phi) is 11.4. The van der Waals surface area contributed by atoms with Gasteiger partial charge in [0.2, 0.25) is 17.7 Å². The monoisotopic (exact) mass is 410 g/mol. The van der Waals surface area contributed by atoms with Gasteiger partial charge in [0.05, 0.1) is 6.04 Å². The second kappa shape index (κ2) is 12.4. The van der Waals surface area contributed by atoms with Crippen LogP contribution in [-0.4, -0.2) is 76.0 Å². The van der Waals surface area contributed by atoms with E-state index in [4.69, 9.17) is 15.9 Å². The Labute approximate surface area is 160 Å². The van der Waals surface area contributed by atoms with E-state index in [1.165, 1.54) is 0 Å². The predicted octanol–water partition coefficient (Wildman–Crippen LogP) is -2.79. The van der Waals surface area contributed by atoms with Gasteiger partial charge in [0.25, 0.3) is 0 Å². The van der Waals surface area contributed by atoms with Crippen LogP contribution in [0, 0.1) is 0 Å². The summed E-state index contributed by atoms with van der Waals surface area (Å²) in [6.07, 6.45) is -0.420. The number of nitrogens with one attached hydrogen (secondary N) is 3. The summed E-state index contributed by atoms with van der Waals surface area (Å²) in [5.41, 5.74) is 5.55. The van der Waals surface area contributed by atoms with Crippen molar-refractivity contribution in [2.24, 2.45) is 5.73 Å². The van der Waals surface area contributed by atoms with Crippen molar-refractivity contribution in [1.29, 1.82) is 0 Å². The number of nitrogens with two attached hydrogens (primary N) is 1. The van der Waals surface area contributed by atoms with Crippen molar-refractivity contribution < 1.29 is 34.2 Å². The van der Waals surface area contributed by atoms with Crippen LogP contribution in [0.5, 0.6) is 0 Å². The summed E-state index contributed by atoms with van der Waals surface area (Å²) in [7, 11) is 0. The third-order valence-electron chi connectivity index (χ3n) is 3.05. The molecule has 0 heterocycles. The Bertz CT molecular complexity index is 547.